The van der Waals surface area contributed by atoms with Crippen molar-refractivity contribution in [1.82, 2.24) is 15.2 Å². The molecule has 0 fully saturated rings. The first-order valence-electron chi connectivity index (χ1n) is 6.77. The Kier molecular flexibility index (Phi) is 4.50. The topological polar surface area (TPSA) is 59.9 Å². The van der Waals surface area contributed by atoms with Gasteiger partial charge in [-0.25, -0.2) is 0 Å². The highest BCUT2D eigenvalue weighted by atomic mass is 16.5. The Balaban J connectivity index is 2.39. The molecular formula is C15H20N4O. The number of nitrogens with one attached hydrogen (secondary N) is 1. The van der Waals surface area contributed by atoms with E-state index in [0.717, 1.165) is 40.4 Å². The zero-order chi connectivity index (χ0) is 14.5. The fourth-order valence-corrected chi connectivity index (χ4v) is 1.96. The molecular weight excluding hydrogens is 252 g/mol. The first-order valence-corrected chi connectivity index (χ1v) is 6.77. The van der Waals surface area contributed by atoms with E-state index in [0.29, 0.717) is 6.61 Å². The van der Waals surface area contributed by atoms with E-state index in [4.69, 9.17) is 4.74 Å². The molecule has 2 aromatic rings. The normalized spacial score (nSPS) is 10.4. The minimum atomic E-state index is 0.688. The zero-order valence-corrected chi connectivity index (χ0v) is 12.4. The van der Waals surface area contributed by atoms with Crippen molar-refractivity contribution in [2.45, 2.75) is 27.2 Å². The third-order valence-corrected chi connectivity index (χ3v) is 3.22. The fourth-order valence-electron chi connectivity index (χ4n) is 1.96. The Hall–Kier alpha value is -2.17. The lowest BCUT2D eigenvalue weighted by molar-refractivity contribution is 0.316. The van der Waals surface area contributed by atoms with Gasteiger partial charge in [0.05, 0.1) is 18.5 Å². The summed E-state index contributed by atoms with van der Waals surface area (Å²) in [5.41, 5.74) is 3.96. The summed E-state index contributed by atoms with van der Waals surface area (Å²) in [4.78, 5) is 4.22. The van der Waals surface area contributed by atoms with E-state index in [1.807, 2.05) is 27.0 Å². The fraction of sp³-hybridized carbons (Fsp3) is 0.400. The minimum absolute atomic E-state index is 0.688. The molecule has 0 bridgehead atoms. The molecule has 5 nitrogen and oxygen atoms in total. The SMILES string of the molecule is CCCOc1cncc(-c2nnc(NC)c(C)c2C)c1. The quantitative estimate of drug-likeness (QED) is 0.906. The van der Waals surface area contributed by atoms with Gasteiger partial charge in [0.1, 0.15) is 5.75 Å². The van der Waals surface area contributed by atoms with Crippen molar-refractivity contribution in [1.29, 1.82) is 0 Å². The number of hydrogen-bond acceptors (Lipinski definition) is 5. The van der Waals surface area contributed by atoms with Crippen LogP contribution in [-0.2, 0) is 0 Å². The van der Waals surface area contributed by atoms with Crippen molar-refractivity contribution < 1.29 is 4.74 Å². The highest BCUT2D eigenvalue weighted by Crippen LogP contribution is 2.27. The molecule has 0 unspecified atom stereocenters. The van der Waals surface area contributed by atoms with Gasteiger partial charge in [0, 0.05) is 18.8 Å². The maximum Gasteiger partial charge on any atom is 0.151 e. The highest BCUT2D eigenvalue weighted by Gasteiger charge is 2.11. The second kappa shape index (κ2) is 6.32. The van der Waals surface area contributed by atoms with Crippen LogP contribution in [-0.4, -0.2) is 28.8 Å². The van der Waals surface area contributed by atoms with Crippen molar-refractivity contribution in [2.75, 3.05) is 19.0 Å². The van der Waals surface area contributed by atoms with Gasteiger partial charge >= 0.3 is 0 Å². The molecule has 2 aromatic heterocycles. The number of rotatable bonds is 5. The summed E-state index contributed by atoms with van der Waals surface area (Å²) in [5, 5.41) is 11.5. The van der Waals surface area contributed by atoms with Crippen LogP contribution < -0.4 is 10.1 Å². The Morgan fingerprint density at radius 3 is 2.65 bits per heavy atom. The molecule has 5 heteroatoms. The molecule has 0 amide bonds. The Morgan fingerprint density at radius 1 is 1.15 bits per heavy atom. The Labute approximate surface area is 119 Å². The average Bonchev–Trinajstić information content (AvgIpc) is 2.48. The van der Waals surface area contributed by atoms with Crippen LogP contribution in [0.4, 0.5) is 5.82 Å². The maximum absolute atomic E-state index is 5.61. The third kappa shape index (κ3) is 2.87. The number of pyridine rings is 1. The molecule has 0 aliphatic rings. The van der Waals surface area contributed by atoms with E-state index in [-0.39, 0.29) is 0 Å². The molecule has 0 saturated carbocycles. The van der Waals surface area contributed by atoms with Crippen LogP contribution in [0.2, 0.25) is 0 Å². The molecule has 0 spiro atoms. The molecule has 106 valence electrons. The van der Waals surface area contributed by atoms with E-state index < -0.39 is 0 Å². The predicted molar refractivity (Wildman–Crippen MR) is 80.1 cm³/mol. The molecule has 0 aliphatic heterocycles. The van der Waals surface area contributed by atoms with E-state index in [2.05, 4.69) is 27.4 Å². The van der Waals surface area contributed by atoms with E-state index in [1.165, 1.54) is 0 Å². The van der Waals surface area contributed by atoms with Gasteiger partial charge < -0.3 is 10.1 Å². The summed E-state index contributed by atoms with van der Waals surface area (Å²) >= 11 is 0. The van der Waals surface area contributed by atoms with E-state index in [9.17, 15) is 0 Å². The van der Waals surface area contributed by atoms with Crippen LogP contribution in [0.1, 0.15) is 24.5 Å². The van der Waals surface area contributed by atoms with Crippen molar-refractivity contribution >= 4 is 5.82 Å². The summed E-state index contributed by atoms with van der Waals surface area (Å²) in [7, 11) is 1.84. The van der Waals surface area contributed by atoms with Gasteiger partial charge in [0.15, 0.2) is 5.82 Å². The summed E-state index contributed by atoms with van der Waals surface area (Å²) in [6.45, 7) is 6.84. The van der Waals surface area contributed by atoms with Gasteiger partial charge in [-0.1, -0.05) is 6.92 Å². The summed E-state index contributed by atoms with van der Waals surface area (Å²) in [6.07, 6.45) is 4.48. The largest absolute Gasteiger partial charge is 0.492 e. The molecule has 1 N–H and O–H groups in total. The van der Waals surface area contributed by atoms with Gasteiger partial charge in [0.2, 0.25) is 0 Å². The van der Waals surface area contributed by atoms with Gasteiger partial charge in [-0.3, -0.25) is 4.98 Å². The predicted octanol–water partition coefficient (Wildman–Crippen LogP) is 2.99. The number of anilines is 1. The van der Waals surface area contributed by atoms with Crippen LogP contribution in [0.15, 0.2) is 18.5 Å². The first-order chi connectivity index (χ1) is 9.67. The second-order valence-electron chi connectivity index (χ2n) is 4.65. The third-order valence-electron chi connectivity index (χ3n) is 3.22. The van der Waals surface area contributed by atoms with Crippen LogP contribution in [0.5, 0.6) is 5.75 Å². The lowest BCUT2D eigenvalue weighted by atomic mass is 10.1. The molecule has 2 heterocycles. The summed E-state index contributed by atoms with van der Waals surface area (Å²) in [5.74, 6) is 1.57. The molecule has 0 aromatic carbocycles. The van der Waals surface area contributed by atoms with Crippen LogP contribution in [0, 0.1) is 13.8 Å². The molecule has 0 radical (unpaired) electrons. The number of aromatic nitrogens is 3. The zero-order valence-electron chi connectivity index (χ0n) is 12.4. The number of hydrogen-bond donors (Lipinski definition) is 1. The average molecular weight is 272 g/mol. The lowest BCUT2D eigenvalue weighted by Gasteiger charge is -2.11. The van der Waals surface area contributed by atoms with E-state index in [1.54, 1.807) is 12.4 Å². The first kappa shape index (κ1) is 14.2. The van der Waals surface area contributed by atoms with Crippen LogP contribution >= 0.6 is 0 Å². The second-order valence-corrected chi connectivity index (χ2v) is 4.65. The van der Waals surface area contributed by atoms with Crippen molar-refractivity contribution in [3.8, 4) is 17.0 Å². The van der Waals surface area contributed by atoms with Gasteiger partial charge in [0.25, 0.3) is 0 Å². The Morgan fingerprint density at radius 2 is 1.95 bits per heavy atom. The molecule has 0 saturated heterocycles. The minimum Gasteiger partial charge on any atom is -0.492 e. The van der Waals surface area contributed by atoms with Crippen molar-refractivity contribution in [3.63, 3.8) is 0 Å². The number of ether oxygens (including phenoxy) is 1. The molecule has 2 rings (SSSR count). The van der Waals surface area contributed by atoms with Crippen LogP contribution in [0.3, 0.4) is 0 Å². The smallest absolute Gasteiger partial charge is 0.151 e. The van der Waals surface area contributed by atoms with Gasteiger partial charge in [-0.05, 0) is 37.5 Å². The van der Waals surface area contributed by atoms with E-state index >= 15 is 0 Å². The Bertz CT molecular complexity index is 598. The highest BCUT2D eigenvalue weighted by molar-refractivity contribution is 5.66. The molecule has 0 atom stereocenters. The maximum atomic E-state index is 5.61. The van der Waals surface area contributed by atoms with Gasteiger partial charge in [-0.15, -0.1) is 10.2 Å². The molecule has 0 aliphatic carbocycles. The summed E-state index contributed by atoms with van der Waals surface area (Å²) in [6, 6.07) is 1.96. The lowest BCUT2D eigenvalue weighted by Crippen LogP contribution is -2.03. The van der Waals surface area contributed by atoms with Crippen molar-refractivity contribution in [2.24, 2.45) is 0 Å². The monoisotopic (exact) mass is 272 g/mol. The van der Waals surface area contributed by atoms with Gasteiger partial charge in [-0.2, -0.15) is 0 Å². The summed E-state index contributed by atoms with van der Waals surface area (Å²) < 4.78 is 5.61. The number of nitrogens with zero attached hydrogens (tertiary/aromatic N) is 3. The standard InChI is InChI=1S/C15H20N4O/c1-5-6-20-13-7-12(8-17-9-13)14-10(2)11(3)15(16-4)19-18-14/h7-9H,5-6H2,1-4H3,(H,16,19). The van der Waals surface area contributed by atoms with Crippen LogP contribution in [0.25, 0.3) is 11.3 Å². The molecule has 20 heavy (non-hydrogen) atoms. The van der Waals surface area contributed by atoms with Crippen molar-refractivity contribution in [3.05, 3.63) is 29.6 Å².